The van der Waals surface area contributed by atoms with Crippen molar-refractivity contribution in [1.82, 2.24) is 0 Å². The van der Waals surface area contributed by atoms with E-state index in [0.717, 1.165) is 22.9 Å². The van der Waals surface area contributed by atoms with E-state index in [2.05, 4.69) is 17.2 Å². The maximum atomic E-state index is 14.4. The van der Waals surface area contributed by atoms with Crippen molar-refractivity contribution in [3.8, 4) is 11.8 Å². The first-order valence-corrected chi connectivity index (χ1v) is 8.56. The lowest BCUT2D eigenvalue weighted by molar-refractivity contribution is 0.101. The molecule has 0 aliphatic carbocycles. The Morgan fingerprint density at radius 2 is 1.59 bits per heavy atom. The fraction of sp³-hybridized carbons (Fsp3) is 0.174. The fourth-order valence-corrected chi connectivity index (χ4v) is 2.64. The van der Waals surface area contributed by atoms with E-state index in [1.165, 1.54) is 0 Å². The summed E-state index contributed by atoms with van der Waals surface area (Å²) in [6.07, 6.45) is 0. The highest BCUT2D eigenvalue weighted by Gasteiger charge is 2.19. The molecule has 0 unspecified atom stereocenters. The molecule has 3 aromatic carbocycles. The first-order valence-electron chi connectivity index (χ1n) is 8.56. The molecule has 0 atom stereocenters. The van der Waals surface area contributed by atoms with Crippen LogP contribution < -0.4 is 5.32 Å². The van der Waals surface area contributed by atoms with Gasteiger partial charge in [-0.15, -0.1) is 0 Å². The smallest absolute Gasteiger partial charge is 0.261 e. The summed E-state index contributed by atoms with van der Waals surface area (Å²) in [7, 11) is 0. The highest BCUT2D eigenvalue weighted by molar-refractivity contribution is 6.09. The summed E-state index contributed by atoms with van der Waals surface area (Å²) < 4.78 is 28.9. The lowest BCUT2D eigenvalue weighted by Crippen LogP contribution is -2.16. The van der Waals surface area contributed by atoms with Gasteiger partial charge in [0.25, 0.3) is 5.91 Å². The van der Waals surface area contributed by atoms with Crippen LogP contribution >= 0.6 is 0 Å². The topological polar surface area (TPSA) is 29.1 Å². The van der Waals surface area contributed by atoms with E-state index in [0.29, 0.717) is 5.69 Å². The minimum absolute atomic E-state index is 0.196. The zero-order chi connectivity index (χ0) is 19.6. The lowest BCUT2D eigenvalue weighted by Gasteiger charge is -2.10. The van der Waals surface area contributed by atoms with Gasteiger partial charge in [0.1, 0.15) is 17.2 Å². The molecule has 136 valence electrons. The zero-order valence-electron chi connectivity index (χ0n) is 15.4. The molecule has 0 saturated heterocycles. The third-order valence-corrected chi connectivity index (χ3v) is 3.89. The third-order valence-electron chi connectivity index (χ3n) is 3.89. The third kappa shape index (κ3) is 4.32. The number of hydrogen-bond donors (Lipinski definition) is 1. The van der Waals surface area contributed by atoms with E-state index in [9.17, 15) is 13.6 Å². The first kappa shape index (κ1) is 18.6. The number of halogens is 2. The summed E-state index contributed by atoms with van der Waals surface area (Å²) in [5.74, 6) is 2.95. The van der Waals surface area contributed by atoms with Crippen LogP contribution in [0.2, 0.25) is 0 Å². The van der Waals surface area contributed by atoms with Gasteiger partial charge in [0.15, 0.2) is 0 Å². The Morgan fingerprint density at radius 1 is 0.963 bits per heavy atom. The van der Waals surface area contributed by atoms with Crippen molar-refractivity contribution in [3.63, 3.8) is 0 Å². The predicted octanol–water partition coefficient (Wildman–Crippen LogP) is 5.77. The molecule has 0 spiro atoms. The van der Waals surface area contributed by atoms with Crippen LogP contribution in [-0.4, -0.2) is 5.91 Å². The summed E-state index contributed by atoms with van der Waals surface area (Å²) in [6.45, 7) is 5.70. The molecule has 0 aromatic heterocycles. The average Bonchev–Trinajstić information content (AvgIpc) is 2.59. The Kier molecular flexibility index (Phi) is 4.96. The highest BCUT2D eigenvalue weighted by atomic mass is 19.1. The number of nitrogens with one attached hydrogen (secondary N) is 1. The number of amides is 1. The van der Waals surface area contributed by atoms with E-state index in [1.807, 2.05) is 51.1 Å². The van der Waals surface area contributed by atoms with Crippen LogP contribution in [0, 0.1) is 28.9 Å². The maximum Gasteiger partial charge on any atom is 0.261 e. The van der Waals surface area contributed by atoms with E-state index in [1.54, 1.807) is 12.1 Å². The van der Waals surface area contributed by atoms with Gasteiger partial charge >= 0.3 is 0 Å². The maximum absolute atomic E-state index is 14.4. The number of anilines is 1. The van der Waals surface area contributed by atoms with Crippen LogP contribution in [0.5, 0.6) is 0 Å². The van der Waals surface area contributed by atoms with Crippen molar-refractivity contribution in [2.45, 2.75) is 20.8 Å². The van der Waals surface area contributed by atoms with Crippen molar-refractivity contribution in [3.05, 3.63) is 77.4 Å². The number of rotatable bonds is 2. The van der Waals surface area contributed by atoms with E-state index < -0.39 is 23.1 Å². The number of hydrogen-bond acceptors (Lipinski definition) is 1. The number of carbonyl (C=O) groups excluding carboxylic acids is 1. The monoisotopic (exact) mass is 363 g/mol. The second-order valence-corrected chi connectivity index (χ2v) is 7.30. The number of benzene rings is 3. The van der Waals surface area contributed by atoms with Gasteiger partial charge < -0.3 is 5.32 Å². The minimum Gasteiger partial charge on any atom is -0.321 e. The Bertz CT molecular complexity index is 1060. The van der Waals surface area contributed by atoms with Crippen molar-refractivity contribution < 1.29 is 13.6 Å². The van der Waals surface area contributed by atoms with Gasteiger partial charge in [-0.25, -0.2) is 8.78 Å². The van der Waals surface area contributed by atoms with Crippen LogP contribution in [0.4, 0.5) is 14.5 Å². The molecule has 4 heteroatoms. The molecule has 3 rings (SSSR count). The minimum atomic E-state index is -0.939. The summed E-state index contributed by atoms with van der Waals surface area (Å²) in [4.78, 5) is 12.5. The van der Waals surface area contributed by atoms with Crippen molar-refractivity contribution >= 4 is 22.4 Å². The number of carbonyl (C=O) groups is 1. The highest BCUT2D eigenvalue weighted by Crippen LogP contribution is 2.24. The van der Waals surface area contributed by atoms with Crippen molar-refractivity contribution in [2.75, 3.05) is 5.32 Å². The lowest BCUT2D eigenvalue weighted by atomic mass is 9.97. The van der Waals surface area contributed by atoms with Crippen molar-refractivity contribution in [2.24, 2.45) is 5.41 Å². The predicted molar refractivity (Wildman–Crippen MR) is 105 cm³/mol. The summed E-state index contributed by atoms with van der Waals surface area (Å²) in [5, 5.41) is 4.32. The number of fused-ring (bicyclic) bond motifs is 1. The standard InChI is InChI=1S/C23H19F2NO/c1-23(2,3)12-11-15-13-18(24)21(19(25)14-15)22(27)26-20-10-6-8-16-7-4-5-9-17(16)20/h4-10,13-14H,1-3H3,(H,26,27). The Morgan fingerprint density at radius 3 is 2.26 bits per heavy atom. The molecule has 0 bridgehead atoms. The van der Waals surface area contributed by atoms with Gasteiger partial charge in [0, 0.05) is 22.1 Å². The van der Waals surface area contributed by atoms with Gasteiger partial charge in [0.2, 0.25) is 0 Å². The molecule has 0 aliphatic rings. The molecule has 0 aliphatic heterocycles. The first-order chi connectivity index (χ1) is 12.7. The molecular weight excluding hydrogens is 344 g/mol. The summed E-state index contributed by atoms with van der Waals surface area (Å²) in [6, 6.07) is 15.0. The second kappa shape index (κ2) is 7.20. The second-order valence-electron chi connectivity index (χ2n) is 7.30. The van der Waals surface area contributed by atoms with Gasteiger partial charge in [-0.05, 0) is 44.4 Å². The molecule has 1 N–H and O–H groups in total. The Balaban J connectivity index is 1.94. The normalized spacial score (nSPS) is 11.0. The Labute approximate surface area is 157 Å². The molecule has 1 amide bonds. The molecule has 0 radical (unpaired) electrons. The summed E-state index contributed by atoms with van der Waals surface area (Å²) in [5.41, 5.74) is -0.225. The van der Waals surface area contributed by atoms with E-state index in [4.69, 9.17) is 0 Å². The molecular formula is C23H19F2NO. The van der Waals surface area contributed by atoms with Crippen LogP contribution in [-0.2, 0) is 0 Å². The SMILES string of the molecule is CC(C)(C)C#Cc1cc(F)c(C(=O)Nc2cccc3ccccc23)c(F)c1. The molecule has 2 nitrogen and oxygen atoms in total. The van der Waals surface area contributed by atoms with Crippen LogP contribution in [0.15, 0.2) is 54.6 Å². The van der Waals surface area contributed by atoms with E-state index >= 15 is 0 Å². The van der Waals surface area contributed by atoms with Crippen LogP contribution in [0.1, 0.15) is 36.7 Å². The zero-order valence-corrected chi connectivity index (χ0v) is 15.4. The molecule has 0 fully saturated rings. The van der Waals surface area contributed by atoms with Crippen LogP contribution in [0.25, 0.3) is 10.8 Å². The van der Waals surface area contributed by atoms with Gasteiger partial charge in [-0.1, -0.05) is 48.2 Å². The molecule has 0 heterocycles. The molecule has 27 heavy (non-hydrogen) atoms. The quantitative estimate of drug-likeness (QED) is 0.576. The fourth-order valence-electron chi connectivity index (χ4n) is 2.64. The summed E-state index contributed by atoms with van der Waals surface area (Å²) >= 11 is 0. The van der Waals surface area contributed by atoms with E-state index in [-0.39, 0.29) is 11.0 Å². The molecule has 3 aromatic rings. The van der Waals surface area contributed by atoms with Gasteiger partial charge in [-0.2, -0.15) is 0 Å². The van der Waals surface area contributed by atoms with Gasteiger partial charge in [-0.3, -0.25) is 4.79 Å². The van der Waals surface area contributed by atoms with Crippen molar-refractivity contribution in [1.29, 1.82) is 0 Å². The molecule has 0 saturated carbocycles. The van der Waals surface area contributed by atoms with Crippen LogP contribution in [0.3, 0.4) is 0 Å². The average molecular weight is 363 g/mol. The van der Waals surface area contributed by atoms with Gasteiger partial charge in [0.05, 0.1) is 0 Å². The largest absolute Gasteiger partial charge is 0.321 e. The Hall–Kier alpha value is -3.19.